The van der Waals surface area contributed by atoms with Crippen LogP contribution >= 0.6 is 27.7 Å². The zero-order valence-electron chi connectivity index (χ0n) is 10.7. The van der Waals surface area contributed by atoms with E-state index in [4.69, 9.17) is 4.74 Å². The minimum Gasteiger partial charge on any atom is -0.461 e. The van der Waals surface area contributed by atoms with Crippen molar-refractivity contribution in [3.05, 3.63) is 39.6 Å². The molecule has 1 unspecified atom stereocenters. The highest BCUT2D eigenvalue weighted by Gasteiger charge is 2.36. The van der Waals surface area contributed by atoms with Crippen LogP contribution in [0.25, 0.3) is 0 Å². The Hall–Kier alpha value is -1.34. The minimum atomic E-state index is -0.295. The molecule has 7 heteroatoms. The number of carbonyl (C=O) groups excluding carboxylic acids is 1. The molecular formula is C13H12BrN3O2S. The second-order valence-electron chi connectivity index (χ2n) is 4.26. The average Bonchev–Trinajstić information content (AvgIpc) is 2.99. The minimum absolute atomic E-state index is 0.0151. The number of halogens is 1. The molecule has 2 aliphatic heterocycles. The van der Waals surface area contributed by atoms with Crippen LogP contribution < -0.4 is 0 Å². The third kappa shape index (κ3) is 2.35. The lowest BCUT2D eigenvalue weighted by molar-refractivity contribution is -0.139. The number of hydrogen-bond donors (Lipinski definition) is 0. The van der Waals surface area contributed by atoms with Crippen molar-refractivity contribution in [2.24, 2.45) is 4.99 Å². The summed E-state index contributed by atoms with van der Waals surface area (Å²) < 4.78 is 5.85. The van der Waals surface area contributed by atoms with Gasteiger partial charge in [-0.15, -0.1) is 0 Å². The van der Waals surface area contributed by atoms with Gasteiger partial charge in [0, 0.05) is 17.2 Å². The lowest BCUT2D eigenvalue weighted by Crippen LogP contribution is -2.27. The number of aliphatic imine (C=N–C) groups is 1. The van der Waals surface area contributed by atoms with Crippen LogP contribution in [-0.2, 0) is 9.53 Å². The van der Waals surface area contributed by atoms with E-state index in [9.17, 15) is 4.79 Å². The first-order valence-corrected chi connectivity index (χ1v) is 7.87. The van der Waals surface area contributed by atoms with Gasteiger partial charge in [0.2, 0.25) is 0 Å². The smallest absolute Gasteiger partial charge is 0.355 e. The first-order valence-electron chi connectivity index (χ1n) is 6.20. The van der Waals surface area contributed by atoms with Crippen LogP contribution in [0.1, 0.15) is 18.5 Å². The zero-order chi connectivity index (χ0) is 14.1. The maximum Gasteiger partial charge on any atom is 0.355 e. The molecule has 0 fully saturated rings. The van der Waals surface area contributed by atoms with Crippen molar-refractivity contribution < 1.29 is 9.53 Å². The summed E-state index contributed by atoms with van der Waals surface area (Å²) in [5.74, 6) is -0.295. The predicted octanol–water partition coefficient (Wildman–Crippen LogP) is 2.71. The molecule has 0 spiro atoms. The van der Waals surface area contributed by atoms with Gasteiger partial charge in [-0.25, -0.2) is 9.78 Å². The van der Waals surface area contributed by atoms with Crippen molar-refractivity contribution in [3.63, 3.8) is 0 Å². The van der Waals surface area contributed by atoms with Gasteiger partial charge in [0.15, 0.2) is 5.17 Å². The van der Waals surface area contributed by atoms with Gasteiger partial charge in [-0.05, 0) is 28.9 Å². The van der Waals surface area contributed by atoms with Crippen molar-refractivity contribution in [2.45, 2.75) is 13.0 Å². The van der Waals surface area contributed by atoms with Crippen LogP contribution in [0, 0.1) is 0 Å². The van der Waals surface area contributed by atoms with E-state index in [-0.39, 0.29) is 12.0 Å². The predicted molar refractivity (Wildman–Crippen MR) is 81.1 cm³/mol. The fourth-order valence-corrected chi connectivity index (χ4v) is 3.58. The van der Waals surface area contributed by atoms with E-state index in [1.807, 2.05) is 17.0 Å². The molecule has 3 heterocycles. The van der Waals surface area contributed by atoms with E-state index in [2.05, 4.69) is 25.9 Å². The standard InChI is InChI=1S/C13H12BrN3O2S/c1-2-19-12(18)10-7-20-13-16-9(6-17(10)13)8-4-3-5-15-11(8)14/h3-5,7,9H,2,6H2,1H3. The summed E-state index contributed by atoms with van der Waals surface area (Å²) in [6.07, 6.45) is 1.73. The van der Waals surface area contributed by atoms with Gasteiger partial charge in [-0.3, -0.25) is 4.99 Å². The van der Waals surface area contributed by atoms with Gasteiger partial charge in [-0.1, -0.05) is 17.8 Å². The molecule has 0 radical (unpaired) electrons. The number of amidine groups is 1. The van der Waals surface area contributed by atoms with E-state index >= 15 is 0 Å². The van der Waals surface area contributed by atoms with Crippen molar-refractivity contribution >= 4 is 38.8 Å². The summed E-state index contributed by atoms with van der Waals surface area (Å²) in [5.41, 5.74) is 1.59. The monoisotopic (exact) mass is 353 g/mol. The number of pyridine rings is 1. The maximum atomic E-state index is 11.9. The molecule has 0 N–H and O–H groups in total. The molecule has 1 atom stereocenters. The number of nitrogens with zero attached hydrogens (tertiary/aromatic N) is 3. The highest BCUT2D eigenvalue weighted by Crippen LogP contribution is 2.38. The molecule has 20 heavy (non-hydrogen) atoms. The number of thioether (sulfide) groups is 1. The Balaban J connectivity index is 1.80. The molecule has 0 saturated carbocycles. The van der Waals surface area contributed by atoms with Crippen LogP contribution in [0.15, 0.2) is 39.0 Å². The van der Waals surface area contributed by atoms with Gasteiger partial charge in [0.05, 0.1) is 19.2 Å². The third-order valence-electron chi connectivity index (χ3n) is 3.05. The van der Waals surface area contributed by atoms with Gasteiger partial charge in [-0.2, -0.15) is 0 Å². The van der Waals surface area contributed by atoms with Crippen LogP contribution in [-0.4, -0.2) is 34.2 Å². The molecule has 0 aromatic carbocycles. The molecule has 1 aromatic heterocycles. The highest BCUT2D eigenvalue weighted by molar-refractivity contribution is 9.10. The summed E-state index contributed by atoms with van der Waals surface area (Å²) in [5, 5.41) is 2.64. The summed E-state index contributed by atoms with van der Waals surface area (Å²) in [7, 11) is 0. The quantitative estimate of drug-likeness (QED) is 0.617. The third-order valence-corrected chi connectivity index (χ3v) is 4.59. The van der Waals surface area contributed by atoms with Crippen molar-refractivity contribution in [2.75, 3.05) is 13.2 Å². The normalized spacial score (nSPS) is 20.5. The number of aromatic nitrogens is 1. The topological polar surface area (TPSA) is 54.8 Å². The Morgan fingerprint density at radius 2 is 2.50 bits per heavy atom. The summed E-state index contributed by atoms with van der Waals surface area (Å²) >= 11 is 4.90. The lowest BCUT2D eigenvalue weighted by Gasteiger charge is -2.17. The van der Waals surface area contributed by atoms with Crippen molar-refractivity contribution in [1.82, 2.24) is 9.88 Å². The van der Waals surface area contributed by atoms with Crippen LogP contribution in [0.3, 0.4) is 0 Å². The number of hydrogen-bond acceptors (Lipinski definition) is 6. The average molecular weight is 354 g/mol. The van der Waals surface area contributed by atoms with Gasteiger partial charge < -0.3 is 9.64 Å². The lowest BCUT2D eigenvalue weighted by atomic mass is 10.1. The van der Waals surface area contributed by atoms with E-state index in [0.29, 0.717) is 18.8 Å². The zero-order valence-corrected chi connectivity index (χ0v) is 13.1. The molecular weight excluding hydrogens is 342 g/mol. The Labute approximate surface area is 129 Å². The van der Waals surface area contributed by atoms with Crippen LogP contribution in [0.5, 0.6) is 0 Å². The second kappa shape index (κ2) is 5.57. The molecule has 104 valence electrons. The number of esters is 1. The van der Waals surface area contributed by atoms with Crippen LogP contribution in [0.4, 0.5) is 0 Å². The molecule has 1 aromatic rings. The first kappa shape index (κ1) is 13.6. The second-order valence-corrected chi connectivity index (χ2v) is 5.85. The Morgan fingerprint density at radius 3 is 3.25 bits per heavy atom. The van der Waals surface area contributed by atoms with E-state index in [0.717, 1.165) is 15.3 Å². The van der Waals surface area contributed by atoms with E-state index in [1.54, 1.807) is 18.5 Å². The number of ether oxygens (including phenoxy) is 1. The largest absolute Gasteiger partial charge is 0.461 e. The molecule has 0 saturated heterocycles. The van der Waals surface area contributed by atoms with E-state index in [1.165, 1.54) is 11.8 Å². The summed E-state index contributed by atoms with van der Waals surface area (Å²) in [4.78, 5) is 22.7. The summed E-state index contributed by atoms with van der Waals surface area (Å²) in [6, 6.07) is 3.87. The molecule has 3 rings (SSSR count). The molecule has 5 nitrogen and oxygen atoms in total. The maximum absolute atomic E-state index is 11.9. The Bertz CT molecular complexity index is 617. The number of fused-ring (bicyclic) bond motifs is 1. The van der Waals surface area contributed by atoms with Gasteiger partial charge in [0.1, 0.15) is 10.3 Å². The van der Waals surface area contributed by atoms with Gasteiger partial charge >= 0.3 is 5.97 Å². The Kier molecular flexibility index (Phi) is 3.80. The SMILES string of the molecule is CCOC(=O)C1=CSC2=NC(c3cccnc3Br)CN12. The highest BCUT2D eigenvalue weighted by atomic mass is 79.9. The Morgan fingerprint density at radius 1 is 1.65 bits per heavy atom. The molecule has 0 aliphatic carbocycles. The number of carbonyl (C=O) groups is 1. The fourth-order valence-electron chi connectivity index (χ4n) is 2.14. The van der Waals surface area contributed by atoms with Crippen LogP contribution in [0.2, 0.25) is 0 Å². The summed E-state index contributed by atoms with van der Waals surface area (Å²) in [6.45, 7) is 2.81. The molecule has 0 bridgehead atoms. The first-order chi connectivity index (χ1) is 9.70. The van der Waals surface area contributed by atoms with Crippen molar-refractivity contribution in [3.8, 4) is 0 Å². The van der Waals surface area contributed by atoms with Gasteiger partial charge in [0.25, 0.3) is 0 Å². The fraction of sp³-hybridized carbons (Fsp3) is 0.308. The molecule has 2 aliphatic rings. The number of rotatable bonds is 3. The molecule has 0 amide bonds. The van der Waals surface area contributed by atoms with Crippen molar-refractivity contribution in [1.29, 1.82) is 0 Å². The van der Waals surface area contributed by atoms with E-state index < -0.39 is 0 Å².